The largest absolute Gasteiger partial charge is 0.478 e. The molecule has 1 unspecified atom stereocenters. The number of carbonyl (C=O) groups excluding carboxylic acids is 1. The minimum absolute atomic E-state index is 0.135. The summed E-state index contributed by atoms with van der Waals surface area (Å²) >= 11 is 1.42. The van der Waals surface area contributed by atoms with Crippen molar-refractivity contribution in [2.45, 2.75) is 39.5 Å². The number of hydrogen-bond acceptors (Lipinski definition) is 3. The minimum Gasteiger partial charge on any atom is -0.478 e. The number of thiophene rings is 1. The fraction of sp³-hybridized carbons (Fsp3) is 0.538. The molecule has 1 heterocycles. The van der Waals surface area contributed by atoms with Crippen molar-refractivity contribution in [3.8, 4) is 0 Å². The average Bonchev–Trinajstić information content (AvgIpc) is 2.65. The molecular weight excluding hydrogens is 250 g/mol. The van der Waals surface area contributed by atoms with Crippen LogP contribution >= 0.6 is 11.3 Å². The van der Waals surface area contributed by atoms with Gasteiger partial charge in [0.2, 0.25) is 5.91 Å². The van der Waals surface area contributed by atoms with E-state index < -0.39 is 5.97 Å². The number of carbonyl (C=O) groups is 2. The van der Waals surface area contributed by atoms with Crippen molar-refractivity contribution in [1.82, 2.24) is 0 Å². The molecule has 18 heavy (non-hydrogen) atoms. The summed E-state index contributed by atoms with van der Waals surface area (Å²) in [7, 11) is 0. The molecule has 2 N–H and O–H groups in total. The standard InChI is InChI=1S/C13H17NO3S/c1-3-10(15)14-12-11(13(16)17)8-5-4-7(2)6-9(8)18-12/h7H,3-6H2,1-2H3,(H,14,15)(H,16,17). The summed E-state index contributed by atoms with van der Waals surface area (Å²) in [5, 5.41) is 12.5. The van der Waals surface area contributed by atoms with Gasteiger partial charge in [-0.25, -0.2) is 4.79 Å². The Morgan fingerprint density at radius 2 is 2.22 bits per heavy atom. The highest BCUT2D eigenvalue weighted by Crippen LogP contribution is 2.39. The number of nitrogens with one attached hydrogen (secondary N) is 1. The molecule has 5 heteroatoms. The summed E-state index contributed by atoms with van der Waals surface area (Å²) in [5.41, 5.74) is 1.24. The van der Waals surface area contributed by atoms with Crippen molar-refractivity contribution >= 4 is 28.2 Å². The van der Waals surface area contributed by atoms with Crippen LogP contribution in [0.4, 0.5) is 5.00 Å². The summed E-state index contributed by atoms with van der Waals surface area (Å²) in [6.45, 7) is 3.93. The lowest BCUT2D eigenvalue weighted by Crippen LogP contribution is -2.14. The third-order valence-corrected chi connectivity index (χ3v) is 4.47. The maximum Gasteiger partial charge on any atom is 0.339 e. The summed E-state index contributed by atoms with van der Waals surface area (Å²) < 4.78 is 0. The zero-order valence-corrected chi connectivity index (χ0v) is 11.4. The molecule has 1 atom stereocenters. The first kappa shape index (κ1) is 13.1. The molecule has 0 saturated carbocycles. The van der Waals surface area contributed by atoms with Gasteiger partial charge < -0.3 is 10.4 Å². The van der Waals surface area contributed by atoms with Gasteiger partial charge in [-0.05, 0) is 30.7 Å². The number of carboxylic acid groups (broad SMARTS) is 1. The van der Waals surface area contributed by atoms with Crippen molar-refractivity contribution in [2.75, 3.05) is 5.32 Å². The van der Waals surface area contributed by atoms with E-state index >= 15 is 0 Å². The Bertz CT molecular complexity index is 493. The number of fused-ring (bicyclic) bond motifs is 1. The molecule has 1 aliphatic rings. The number of carboxylic acids is 1. The average molecular weight is 267 g/mol. The highest BCUT2D eigenvalue weighted by molar-refractivity contribution is 7.17. The van der Waals surface area contributed by atoms with E-state index in [0.29, 0.717) is 22.9 Å². The lowest BCUT2D eigenvalue weighted by molar-refractivity contribution is -0.115. The molecule has 0 radical (unpaired) electrons. The number of hydrogen-bond donors (Lipinski definition) is 2. The van der Waals surface area contributed by atoms with Gasteiger partial charge in [-0.15, -0.1) is 11.3 Å². The predicted molar refractivity (Wildman–Crippen MR) is 71.4 cm³/mol. The maximum absolute atomic E-state index is 11.4. The first-order chi connectivity index (χ1) is 8.52. The molecule has 4 nitrogen and oxygen atoms in total. The van der Waals surface area contributed by atoms with Crippen LogP contribution in [0.25, 0.3) is 0 Å². The molecule has 1 aromatic rings. The molecule has 0 fully saturated rings. The van der Waals surface area contributed by atoms with E-state index in [-0.39, 0.29) is 5.91 Å². The zero-order chi connectivity index (χ0) is 13.3. The quantitative estimate of drug-likeness (QED) is 0.885. The number of aromatic carboxylic acids is 1. The second-order valence-corrected chi connectivity index (χ2v) is 5.87. The van der Waals surface area contributed by atoms with Gasteiger partial charge in [0.15, 0.2) is 0 Å². The molecule has 1 amide bonds. The summed E-state index contributed by atoms with van der Waals surface area (Å²) in [5.74, 6) is -0.481. The van der Waals surface area contributed by atoms with Gasteiger partial charge in [0, 0.05) is 11.3 Å². The van der Waals surface area contributed by atoms with Crippen molar-refractivity contribution in [3.63, 3.8) is 0 Å². The van der Waals surface area contributed by atoms with Crippen molar-refractivity contribution in [3.05, 3.63) is 16.0 Å². The van der Waals surface area contributed by atoms with Gasteiger partial charge >= 0.3 is 5.97 Å². The van der Waals surface area contributed by atoms with E-state index in [1.54, 1.807) is 6.92 Å². The molecule has 0 saturated heterocycles. The molecule has 0 bridgehead atoms. The Kier molecular flexibility index (Phi) is 3.71. The van der Waals surface area contributed by atoms with Crippen LogP contribution < -0.4 is 5.32 Å². The molecule has 0 aliphatic heterocycles. The number of rotatable bonds is 3. The third kappa shape index (κ3) is 2.41. The molecule has 1 aromatic heterocycles. The SMILES string of the molecule is CCC(=O)Nc1sc2c(c1C(=O)O)CCC(C)C2. The Labute approximate surface area is 110 Å². The van der Waals surface area contributed by atoms with E-state index in [0.717, 1.165) is 29.7 Å². The van der Waals surface area contributed by atoms with Crippen molar-refractivity contribution in [2.24, 2.45) is 5.92 Å². The lowest BCUT2D eigenvalue weighted by atomic mass is 9.88. The normalized spacial score (nSPS) is 18.2. The van der Waals surface area contributed by atoms with E-state index in [2.05, 4.69) is 12.2 Å². The lowest BCUT2D eigenvalue weighted by Gasteiger charge is -2.17. The smallest absolute Gasteiger partial charge is 0.339 e. The van der Waals surface area contributed by atoms with Crippen LogP contribution in [0.5, 0.6) is 0 Å². The van der Waals surface area contributed by atoms with Crippen LogP contribution in [0.3, 0.4) is 0 Å². The van der Waals surface area contributed by atoms with E-state index in [4.69, 9.17) is 0 Å². The molecule has 2 rings (SSSR count). The highest BCUT2D eigenvalue weighted by Gasteiger charge is 2.27. The number of amides is 1. The maximum atomic E-state index is 11.4. The Hall–Kier alpha value is -1.36. The molecule has 0 spiro atoms. The van der Waals surface area contributed by atoms with Crippen LogP contribution in [0.15, 0.2) is 0 Å². The van der Waals surface area contributed by atoms with E-state index in [1.165, 1.54) is 11.3 Å². The Balaban J connectivity index is 2.40. The summed E-state index contributed by atoms with van der Waals surface area (Å²) in [6, 6.07) is 0. The summed E-state index contributed by atoms with van der Waals surface area (Å²) in [4.78, 5) is 23.9. The Morgan fingerprint density at radius 3 is 2.83 bits per heavy atom. The molecule has 0 aromatic carbocycles. The number of anilines is 1. The van der Waals surface area contributed by atoms with Crippen molar-refractivity contribution in [1.29, 1.82) is 0 Å². The van der Waals surface area contributed by atoms with Crippen LogP contribution in [0.2, 0.25) is 0 Å². The van der Waals surface area contributed by atoms with Gasteiger partial charge in [-0.2, -0.15) is 0 Å². The molecule has 1 aliphatic carbocycles. The van der Waals surface area contributed by atoms with Crippen LogP contribution in [-0.2, 0) is 17.6 Å². The topological polar surface area (TPSA) is 66.4 Å². The first-order valence-electron chi connectivity index (χ1n) is 6.20. The van der Waals surface area contributed by atoms with Crippen molar-refractivity contribution < 1.29 is 14.7 Å². The zero-order valence-electron chi connectivity index (χ0n) is 10.6. The third-order valence-electron chi connectivity index (χ3n) is 3.30. The van der Waals surface area contributed by atoms with Crippen LogP contribution in [0.1, 0.15) is 47.5 Å². The fourth-order valence-electron chi connectivity index (χ4n) is 2.28. The second kappa shape index (κ2) is 5.10. The Morgan fingerprint density at radius 1 is 1.50 bits per heavy atom. The van der Waals surface area contributed by atoms with Crippen LogP contribution in [0, 0.1) is 5.92 Å². The minimum atomic E-state index is -0.937. The van der Waals surface area contributed by atoms with Gasteiger partial charge in [0.05, 0.1) is 5.56 Å². The van der Waals surface area contributed by atoms with Crippen LogP contribution in [-0.4, -0.2) is 17.0 Å². The fourth-order valence-corrected chi connectivity index (χ4v) is 3.70. The highest BCUT2D eigenvalue weighted by atomic mass is 32.1. The predicted octanol–water partition coefficient (Wildman–Crippen LogP) is 2.92. The molecule has 98 valence electrons. The van der Waals surface area contributed by atoms with Gasteiger partial charge in [0.25, 0.3) is 0 Å². The monoisotopic (exact) mass is 267 g/mol. The second-order valence-electron chi connectivity index (χ2n) is 4.76. The summed E-state index contributed by atoms with van der Waals surface area (Å²) in [6.07, 6.45) is 3.10. The first-order valence-corrected chi connectivity index (χ1v) is 7.02. The van der Waals surface area contributed by atoms with Gasteiger partial charge in [-0.1, -0.05) is 13.8 Å². The van der Waals surface area contributed by atoms with E-state index in [9.17, 15) is 14.7 Å². The molecular formula is C13H17NO3S. The van der Waals surface area contributed by atoms with Gasteiger partial charge in [0.1, 0.15) is 5.00 Å². The van der Waals surface area contributed by atoms with Gasteiger partial charge in [-0.3, -0.25) is 4.79 Å². The van der Waals surface area contributed by atoms with E-state index in [1.807, 2.05) is 0 Å².